The third-order valence-electron chi connectivity index (χ3n) is 1.83. The zero-order valence-corrected chi connectivity index (χ0v) is 9.91. The first-order chi connectivity index (χ1) is 8.29. The van der Waals surface area contributed by atoms with Crippen molar-refractivity contribution in [1.29, 1.82) is 0 Å². The van der Waals surface area contributed by atoms with Crippen LogP contribution in [0.3, 0.4) is 0 Å². The van der Waals surface area contributed by atoms with Crippen molar-refractivity contribution in [2.24, 2.45) is 0 Å². The number of carbonyl (C=O) groups is 1. The van der Waals surface area contributed by atoms with Crippen molar-refractivity contribution >= 4 is 22.4 Å². The van der Waals surface area contributed by atoms with Gasteiger partial charge < -0.3 is 10.6 Å². The second-order valence-electron chi connectivity index (χ2n) is 3.06. The minimum atomic E-state index is -0.275. The van der Waals surface area contributed by atoms with Crippen molar-refractivity contribution in [2.75, 3.05) is 11.9 Å². The van der Waals surface area contributed by atoms with Gasteiger partial charge in [0.1, 0.15) is 12.2 Å². The molecule has 0 radical (unpaired) electrons. The molecule has 0 saturated carbocycles. The van der Waals surface area contributed by atoms with Gasteiger partial charge in [0.2, 0.25) is 10.1 Å². The molecule has 3 N–H and O–H groups in total. The number of H-pyrrole nitrogens is 1. The maximum Gasteiger partial charge on any atom is 0.282 e. The van der Waals surface area contributed by atoms with Crippen molar-refractivity contribution < 1.29 is 4.79 Å². The molecule has 0 spiro atoms. The van der Waals surface area contributed by atoms with Crippen LogP contribution in [0.4, 0.5) is 5.13 Å². The van der Waals surface area contributed by atoms with Crippen LogP contribution >= 0.6 is 11.3 Å². The Morgan fingerprint density at radius 3 is 3.12 bits per heavy atom. The molecule has 0 fully saturated rings. The van der Waals surface area contributed by atoms with Gasteiger partial charge >= 0.3 is 0 Å². The standard InChI is InChI=1S/C8H11N7OS/c1-2-9-8-15-14-7(17-8)6(16)10-3-5-11-4-12-13-5/h4H,2-3H2,1H3,(H,9,15)(H,10,16)(H,11,12,13). The highest BCUT2D eigenvalue weighted by atomic mass is 32.1. The van der Waals surface area contributed by atoms with E-state index in [1.807, 2.05) is 6.92 Å². The normalized spacial score (nSPS) is 10.2. The number of nitrogens with one attached hydrogen (secondary N) is 3. The molecule has 0 unspecified atom stereocenters. The summed E-state index contributed by atoms with van der Waals surface area (Å²) >= 11 is 1.21. The maximum atomic E-state index is 11.7. The lowest BCUT2D eigenvalue weighted by Crippen LogP contribution is -2.23. The summed E-state index contributed by atoms with van der Waals surface area (Å²) in [5.41, 5.74) is 0. The van der Waals surface area contributed by atoms with E-state index in [1.54, 1.807) is 0 Å². The average Bonchev–Trinajstić information content (AvgIpc) is 2.97. The van der Waals surface area contributed by atoms with Crippen LogP contribution in [-0.2, 0) is 6.54 Å². The second kappa shape index (κ2) is 5.34. The van der Waals surface area contributed by atoms with Crippen LogP contribution in [0.5, 0.6) is 0 Å². The minimum Gasteiger partial charge on any atom is -0.360 e. The molecule has 8 nitrogen and oxygen atoms in total. The second-order valence-corrected chi connectivity index (χ2v) is 4.04. The van der Waals surface area contributed by atoms with Gasteiger partial charge in [-0.1, -0.05) is 11.3 Å². The molecule has 2 aromatic heterocycles. The molecular formula is C8H11N7OS. The van der Waals surface area contributed by atoms with E-state index in [9.17, 15) is 4.79 Å². The Labute approximate surface area is 101 Å². The molecule has 1 amide bonds. The van der Waals surface area contributed by atoms with Gasteiger partial charge in [0, 0.05) is 6.54 Å². The Balaban J connectivity index is 1.90. The number of carbonyl (C=O) groups excluding carboxylic acids is 1. The smallest absolute Gasteiger partial charge is 0.282 e. The molecule has 0 aliphatic heterocycles. The Bertz CT molecular complexity index is 480. The highest BCUT2D eigenvalue weighted by Crippen LogP contribution is 2.14. The van der Waals surface area contributed by atoms with Crippen LogP contribution in [0.2, 0.25) is 0 Å². The summed E-state index contributed by atoms with van der Waals surface area (Å²) in [6.07, 6.45) is 1.38. The number of amides is 1. The molecule has 17 heavy (non-hydrogen) atoms. The van der Waals surface area contributed by atoms with Crippen LogP contribution in [-0.4, -0.2) is 37.8 Å². The van der Waals surface area contributed by atoms with Gasteiger partial charge in [-0.25, -0.2) is 4.98 Å². The van der Waals surface area contributed by atoms with Crippen molar-refractivity contribution in [3.63, 3.8) is 0 Å². The topological polar surface area (TPSA) is 108 Å². The van der Waals surface area contributed by atoms with E-state index in [4.69, 9.17) is 0 Å². The van der Waals surface area contributed by atoms with E-state index in [-0.39, 0.29) is 12.5 Å². The highest BCUT2D eigenvalue weighted by molar-refractivity contribution is 7.17. The molecule has 0 aromatic carbocycles. The van der Waals surface area contributed by atoms with E-state index in [1.165, 1.54) is 17.7 Å². The minimum absolute atomic E-state index is 0.275. The Morgan fingerprint density at radius 2 is 2.41 bits per heavy atom. The van der Waals surface area contributed by atoms with Crippen LogP contribution in [0.1, 0.15) is 22.6 Å². The number of rotatable bonds is 5. The van der Waals surface area contributed by atoms with Crippen molar-refractivity contribution in [1.82, 2.24) is 30.7 Å². The fourth-order valence-corrected chi connectivity index (χ4v) is 1.82. The maximum absolute atomic E-state index is 11.7. The largest absolute Gasteiger partial charge is 0.360 e. The van der Waals surface area contributed by atoms with E-state index in [2.05, 4.69) is 36.0 Å². The number of nitrogens with zero attached hydrogens (tertiary/aromatic N) is 4. The Hall–Kier alpha value is -2.03. The summed E-state index contributed by atoms with van der Waals surface area (Å²) in [7, 11) is 0. The third-order valence-corrected chi connectivity index (χ3v) is 2.71. The highest BCUT2D eigenvalue weighted by Gasteiger charge is 2.12. The summed E-state index contributed by atoms with van der Waals surface area (Å²) in [6, 6.07) is 0. The van der Waals surface area contributed by atoms with Crippen LogP contribution < -0.4 is 10.6 Å². The van der Waals surface area contributed by atoms with Crippen LogP contribution in [0, 0.1) is 0 Å². The predicted molar refractivity (Wildman–Crippen MR) is 61.6 cm³/mol. The lowest BCUT2D eigenvalue weighted by Gasteiger charge is -1.98. The van der Waals surface area contributed by atoms with E-state index < -0.39 is 0 Å². The van der Waals surface area contributed by atoms with Gasteiger partial charge in [-0.2, -0.15) is 5.10 Å². The number of aromatic nitrogens is 5. The lowest BCUT2D eigenvalue weighted by molar-refractivity contribution is 0.0949. The Kier molecular flexibility index (Phi) is 3.60. The summed E-state index contributed by atoms with van der Waals surface area (Å²) in [5, 5.41) is 20.6. The number of anilines is 1. The first-order valence-electron chi connectivity index (χ1n) is 4.99. The molecule has 2 rings (SSSR count). The number of hydrogen-bond donors (Lipinski definition) is 3. The van der Waals surface area contributed by atoms with Gasteiger partial charge in [0.05, 0.1) is 6.54 Å². The molecular weight excluding hydrogens is 242 g/mol. The molecule has 0 saturated heterocycles. The van der Waals surface area contributed by atoms with Crippen molar-refractivity contribution in [2.45, 2.75) is 13.5 Å². The molecule has 0 aliphatic carbocycles. The van der Waals surface area contributed by atoms with Crippen LogP contribution in [0.15, 0.2) is 6.33 Å². The first-order valence-corrected chi connectivity index (χ1v) is 5.81. The average molecular weight is 253 g/mol. The van der Waals surface area contributed by atoms with Gasteiger partial charge in [0.15, 0.2) is 0 Å². The quantitative estimate of drug-likeness (QED) is 0.693. The third kappa shape index (κ3) is 2.97. The summed E-state index contributed by atoms with van der Waals surface area (Å²) in [5.74, 6) is 0.317. The van der Waals surface area contributed by atoms with Crippen LogP contribution in [0.25, 0.3) is 0 Å². The molecule has 0 aliphatic rings. The SMILES string of the molecule is CCNc1nnc(C(=O)NCc2ncn[nH]2)s1. The summed E-state index contributed by atoms with van der Waals surface area (Å²) < 4.78 is 0. The molecule has 90 valence electrons. The molecule has 2 heterocycles. The fraction of sp³-hybridized carbons (Fsp3) is 0.375. The monoisotopic (exact) mass is 253 g/mol. The van der Waals surface area contributed by atoms with Gasteiger partial charge in [-0.05, 0) is 6.92 Å². The molecule has 0 atom stereocenters. The van der Waals surface area contributed by atoms with E-state index >= 15 is 0 Å². The summed E-state index contributed by atoms with van der Waals surface area (Å²) in [4.78, 5) is 15.6. The Morgan fingerprint density at radius 1 is 1.53 bits per heavy atom. The summed E-state index contributed by atoms with van der Waals surface area (Å²) in [6.45, 7) is 2.98. The molecule has 9 heteroatoms. The molecule has 2 aromatic rings. The lowest BCUT2D eigenvalue weighted by atomic mass is 10.5. The fourth-order valence-electron chi connectivity index (χ4n) is 1.09. The van der Waals surface area contributed by atoms with Gasteiger partial charge in [-0.15, -0.1) is 10.2 Å². The zero-order valence-electron chi connectivity index (χ0n) is 9.10. The number of aromatic amines is 1. The first kappa shape index (κ1) is 11.5. The van der Waals surface area contributed by atoms with Crippen molar-refractivity contribution in [3.05, 3.63) is 17.2 Å². The van der Waals surface area contributed by atoms with Gasteiger partial charge in [-0.3, -0.25) is 9.89 Å². The van der Waals surface area contributed by atoms with E-state index in [0.29, 0.717) is 16.0 Å². The van der Waals surface area contributed by atoms with Gasteiger partial charge in [0.25, 0.3) is 5.91 Å². The predicted octanol–water partition coefficient (Wildman–Crippen LogP) is 0.0180. The van der Waals surface area contributed by atoms with Crippen molar-refractivity contribution in [3.8, 4) is 0 Å². The number of hydrogen-bond acceptors (Lipinski definition) is 7. The zero-order chi connectivity index (χ0) is 12.1. The van der Waals surface area contributed by atoms with E-state index in [0.717, 1.165) is 6.54 Å². The molecule has 0 bridgehead atoms.